The van der Waals surface area contributed by atoms with Crippen molar-refractivity contribution in [3.8, 4) is 11.5 Å². The third-order valence-electron chi connectivity index (χ3n) is 4.41. The molecule has 0 bridgehead atoms. The summed E-state index contributed by atoms with van der Waals surface area (Å²) < 4.78 is 16.0. The van der Waals surface area contributed by atoms with Gasteiger partial charge >= 0.3 is 5.97 Å². The second-order valence-corrected chi connectivity index (χ2v) is 6.20. The Morgan fingerprint density at radius 1 is 1.12 bits per heavy atom. The van der Waals surface area contributed by atoms with Crippen LogP contribution in [0.25, 0.3) is 6.08 Å². The first-order valence-electron chi connectivity index (χ1n) is 8.56. The van der Waals surface area contributed by atoms with Gasteiger partial charge in [0.25, 0.3) is 0 Å². The Kier molecular flexibility index (Phi) is 6.84. The van der Waals surface area contributed by atoms with Gasteiger partial charge in [-0.05, 0) is 29.7 Å². The Morgan fingerprint density at radius 3 is 2.46 bits per heavy atom. The van der Waals surface area contributed by atoms with E-state index in [-0.39, 0.29) is 11.9 Å². The molecule has 4 heteroatoms. The molecule has 0 heterocycles. The topological polar surface area (TPSA) is 44.8 Å². The Bertz CT molecular complexity index is 780. The summed E-state index contributed by atoms with van der Waals surface area (Å²) in [6, 6.07) is 12.1. The lowest BCUT2D eigenvalue weighted by Crippen LogP contribution is -2.15. The summed E-state index contributed by atoms with van der Waals surface area (Å²) in [5.74, 6) is 1.18. The highest BCUT2D eigenvalue weighted by atomic mass is 16.5. The minimum Gasteiger partial charge on any atom is -0.496 e. The summed E-state index contributed by atoms with van der Waals surface area (Å²) in [6.07, 6.45) is 3.08. The van der Waals surface area contributed by atoms with Crippen LogP contribution in [0.5, 0.6) is 11.5 Å². The van der Waals surface area contributed by atoms with Crippen LogP contribution in [0.4, 0.5) is 0 Å². The van der Waals surface area contributed by atoms with Crippen molar-refractivity contribution >= 4 is 12.0 Å². The molecule has 0 amide bonds. The smallest absolute Gasteiger partial charge is 0.308 e. The molecule has 0 radical (unpaired) electrons. The van der Waals surface area contributed by atoms with Crippen molar-refractivity contribution in [1.29, 1.82) is 0 Å². The number of carbonyl (C=O) groups is 1. The Balaban J connectivity index is 2.33. The van der Waals surface area contributed by atoms with Crippen molar-refractivity contribution in [2.45, 2.75) is 19.8 Å². The van der Waals surface area contributed by atoms with E-state index in [2.05, 4.69) is 18.7 Å². The summed E-state index contributed by atoms with van der Waals surface area (Å²) in [6.45, 7) is 5.72. The minimum absolute atomic E-state index is 0.177. The molecule has 26 heavy (non-hydrogen) atoms. The molecule has 0 aliphatic rings. The van der Waals surface area contributed by atoms with Gasteiger partial charge in [-0.1, -0.05) is 43.8 Å². The second kappa shape index (κ2) is 9.09. The van der Waals surface area contributed by atoms with E-state index in [9.17, 15) is 4.79 Å². The molecule has 2 aromatic rings. The molecule has 2 aromatic carbocycles. The predicted molar refractivity (Wildman–Crippen MR) is 104 cm³/mol. The number of carbonyl (C=O) groups excluding carboxylic acids is 1. The normalized spacial score (nSPS) is 11.5. The Morgan fingerprint density at radius 2 is 1.85 bits per heavy atom. The molecule has 0 N–H and O–H groups in total. The zero-order valence-corrected chi connectivity index (χ0v) is 15.9. The monoisotopic (exact) mass is 354 g/mol. The van der Waals surface area contributed by atoms with Crippen LogP contribution in [-0.2, 0) is 22.4 Å². The maximum Gasteiger partial charge on any atom is 0.308 e. The Hall–Kier alpha value is -2.75. The minimum atomic E-state index is -0.197. The van der Waals surface area contributed by atoms with Crippen LogP contribution >= 0.6 is 0 Å². The number of hydrogen-bond donors (Lipinski definition) is 0. The van der Waals surface area contributed by atoms with Crippen molar-refractivity contribution in [1.82, 2.24) is 0 Å². The fraction of sp³-hybridized carbons (Fsp3) is 0.318. The molecule has 0 unspecified atom stereocenters. The number of ether oxygens (including phenoxy) is 3. The number of methoxy groups -OCH3 is 3. The molecule has 2 rings (SSSR count). The Labute approximate surface area is 155 Å². The number of hydrogen-bond acceptors (Lipinski definition) is 4. The van der Waals surface area contributed by atoms with Crippen LogP contribution in [0.15, 0.2) is 43.0 Å². The molecule has 138 valence electrons. The largest absolute Gasteiger partial charge is 0.496 e. The first kappa shape index (κ1) is 19.6. The van der Waals surface area contributed by atoms with Gasteiger partial charge in [0.2, 0.25) is 0 Å². The van der Waals surface area contributed by atoms with Gasteiger partial charge in [-0.2, -0.15) is 0 Å². The number of rotatable bonds is 8. The van der Waals surface area contributed by atoms with Gasteiger partial charge in [-0.15, -0.1) is 0 Å². The molecule has 1 atom stereocenters. The van der Waals surface area contributed by atoms with E-state index in [0.717, 1.165) is 33.8 Å². The lowest BCUT2D eigenvalue weighted by Gasteiger charge is -2.16. The summed E-state index contributed by atoms with van der Waals surface area (Å²) in [5.41, 5.74) is 4.12. The van der Waals surface area contributed by atoms with Gasteiger partial charge in [0.1, 0.15) is 11.5 Å². The van der Waals surface area contributed by atoms with Crippen LogP contribution in [0.2, 0.25) is 0 Å². The van der Waals surface area contributed by atoms with E-state index < -0.39 is 0 Å². The van der Waals surface area contributed by atoms with Crippen LogP contribution in [0, 0.1) is 5.92 Å². The van der Waals surface area contributed by atoms with Crippen LogP contribution < -0.4 is 9.47 Å². The highest BCUT2D eigenvalue weighted by Gasteiger charge is 2.16. The van der Waals surface area contributed by atoms with Gasteiger partial charge in [-0.3, -0.25) is 4.79 Å². The zero-order valence-electron chi connectivity index (χ0n) is 15.9. The van der Waals surface area contributed by atoms with E-state index in [4.69, 9.17) is 14.2 Å². The quantitative estimate of drug-likeness (QED) is 0.664. The first-order valence-corrected chi connectivity index (χ1v) is 8.56. The summed E-state index contributed by atoms with van der Waals surface area (Å²) in [5, 5.41) is 0. The standard InChI is InChI=1S/C22H26O4/c1-6-18-10-11-20(24-3)19(21(18)25-4)14-17-9-7-8-16(13-17)12-15(2)22(23)26-5/h6-11,13,15H,1,12,14H2,2-5H3/t15-/m0/s1. The highest BCUT2D eigenvalue weighted by Crippen LogP contribution is 2.35. The van der Waals surface area contributed by atoms with Crippen LogP contribution in [0.3, 0.4) is 0 Å². The first-order chi connectivity index (χ1) is 12.5. The number of esters is 1. The molecule has 0 fully saturated rings. The van der Waals surface area contributed by atoms with E-state index in [1.54, 1.807) is 20.3 Å². The summed E-state index contributed by atoms with van der Waals surface area (Å²) in [7, 11) is 4.72. The lowest BCUT2D eigenvalue weighted by molar-refractivity contribution is -0.144. The van der Waals surface area contributed by atoms with E-state index >= 15 is 0 Å². The summed E-state index contributed by atoms with van der Waals surface area (Å²) >= 11 is 0. The maximum absolute atomic E-state index is 11.7. The average molecular weight is 354 g/mol. The SMILES string of the molecule is C=Cc1ccc(OC)c(Cc2cccc(C[C@H](C)C(=O)OC)c2)c1OC. The molecule has 0 saturated carbocycles. The van der Waals surface area contributed by atoms with E-state index in [1.807, 2.05) is 31.2 Å². The van der Waals surface area contributed by atoms with Crippen molar-refractivity contribution in [2.24, 2.45) is 5.92 Å². The van der Waals surface area contributed by atoms with Gasteiger partial charge in [0.15, 0.2) is 0 Å². The average Bonchev–Trinajstić information content (AvgIpc) is 2.67. The zero-order chi connectivity index (χ0) is 19.1. The van der Waals surface area contributed by atoms with Crippen molar-refractivity contribution < 1.29 is 19.0 Å². The van der Waals surface area contributed by atoms with Gasteiger partial charge < -0.3 is 14.2 Å². The highest BCUT2D eigenvalue weighted by molar-refractivity contribution is 5.72. The number of benzene rings is 2. The molecule has 0 aromatic heterocycles. The lowest BCUT2D eigenvalue weighted by atomic mass is 9.95. The third-order valence-corrected chi connectivity index (χ3v) is 4.41. The van der Waals surface area contributed by atoms with E-state index in [0.29, 0.717) is 12.8 Å². The summed E-state index contributed by atoms with van der Waals surface area (Å²) in [4.78, 5) is 11.7. The van der Waals surface area contributed by atoms with Crippen molar-refractivity contribution in [3.05, 3.63) is 65.2 Å². The van der Waals surface area contributed by atoms with Crippen molar-refractivity contribution in [2.75, 3.05) is 21.3 Å². The van der Waals surface area contributed by atoms with Crippen LogP contribution in [0.1, 0.15) is 29.2 Å². The third kappa shape index (κ3) is 4.45. The molecule has 0 saturated heterocycles. The molecular formula is C22H26O4. The van der Waals surface area contributed by atoms with Gasteiger partial charge in [0.05, 0.1) is 27.2 Å². The molecule has 0 spiro atoms. The van der Waals surface area contributed by atoms with Crippen molar-refractivity contribution in [3.63, 3.8) is 0 Å². The fourth-order valence-electron chi connectivity index (χ4n) is 3.10. The van der Waals surface area contributed by atoms with E-state index in [1.165, 1.54) is 7.11 Å². The van der Waals surface area contributed by atoms with Gasteiger partial charge in [0, 0.05) is 17.5 Å². The molecular weight excluding hydrogens is 328 g/mol. The second-order valence-electron chi connectivity index (χ2n) is 6.20. The van der Waals surface area contributed by atoms with Gasteiger partial charge in [-0.25, -0.2) is 0 Å². The fourth-order valence-corrected chi connectivity index (χ4v) is 3.10. The predicted octanol–water partition coefficient (Wildman–Crippen LogP) is 4.29. The molecule has 0 aliphatic carbocycles. The molecule has 0 aliphatic heterocycles. The van der Waals surface area contributed by atoms with Crippen LogP contribution in [-0.4, -0.2) is 27.3 Å². The molecule has 4 nitrogen and oxygen atoms in total. The maximum atomic E-state index is 11.7.